The number of nitrogens with zero attached hydrogens (tertiary/aromatic N) is 6. The molecule has 0 fully saturated rings. The summed E-state index contributed by atoms with van der Waals surface area (Å²) in [4.78, 5) is 22.5. The first-order chi connectivity index (χ1) is 14.6. The maximum atomic E-state index is 13.6. The molecule has 1 aromatic carbocycles. The van der Waals surface area contributed by atoms with Crippen molar-refractivity contribution in [2.45, 2.75) is 40.2 Å². The quantitative estimate of drug-likeness (QED) is 0.549. The number of ether oxygens (including phenoxy) is 1. The first-order valence-corrected chi connectivity index (χ1v) is 11.3. The number of aromatic nitrogens is 4. The number of aryl methyl sites for hydroxylation is 2. The zero-order valence-electron chi connectivity index (χ0n) is 18.0. The molecule has 0 aliphatic carbocycles. The molecule has 0 spiro atoms. The van der Waals surface area contributed by atoms with Gasteiger partial charge < -0.3 is 14.2 Å². The topological polar surface area (TPSA) is 76.4 Å². The average Bonchev–Trinajstić information content (AvgIpc) is 3.47. The van der Waals surface area contributed by atoms with Crippen LogP contribution in [-0.2, 0) is 13.0 Å². The molecule has 0 radical (unpaired) electrons. The molecule has 0 N–H and O–H groups in total. The van der Waals surface area contributed by atoms with E-state index >= 15 is 0 Å². The summed E-state index contributed by atoms with van der Waals surface area (Å²) in [6, 6.07) is 3.95. The van der Waals surface area contributed by atoms with Gasteiger partial charge in [0.25, 0.3) is 5.91 Å². The van der Waals surface area contributed by atoms with Crippen LogP contribution in [0.4, 0.5) is 5.13 Å². The molecular formula is C21H28N6O2S. The number of fused-ring (bicyclic) bond motifs is 2. The molecule has 30 heavy (non-hydrogen) atoms. The van der Waals surface area contributed by atoms with Crippen molar-refractivity contribution in [2.75, 3.05) is 38.2 Å². The third kappa shape index (κ3) is 3.67. The Morgan fingerprint density at radius 2 is 2.03 bits per heavy atom. The molecule has 2 aromatic heterocycles. The molecule has 0 saturated carbocycles. The molecule has 160 valence electrons. The van der Waals surface area contributed by atoms with Gasteiger partial charge in [0.15, 0.2) is 5.13 Å². The van der Waals surface area contributed by atoms with Crippen LogP contribution < -0.4 is 9.64 Å². The molecule has 1 amide bonds. The van der Waals surface area contributed by atoms with Gasteiger partial charge in [-0.1, -0.05) is 31.3 Å². The van der Waals surface area contributed by atoms with E-state index in [1.807, 2.05) is 16.7 Å². The van der Waals surface area contributed by atoms with Gasteiger partial charge in [-0.3, -0.25) is 9.69 Å². The van der Waals surface area contributed by atoms with Crippen LogP contribution in [0.5, 0.6) is 5.75 Å². The Hall–Kier alpha value is -2.52. The Balaban J connectivity index is 1.74. The molecule has 0 atom stereocenters. The van der Waals surface area contributed by atoms with Crippen LogP contribution >= 0.6 is 11.3 Å². The SMILES string of the molecule is CCN(CC)CCN(C(=O)c1nnc2n1CCC2)c1nc2c(OC)ccc(C)c2s1. The lowest BCUT2D eigenvalue weighted by Gasteiger charge is -2.24. The van der Waals surface area contributed by atoms with Crippen LogP contribution in [0.15, 0.2) is 12.1 Å². The van der Waals surface area contributed by atoms with E-state index in [2.05, 4.69) is 35.9 Å². The molecule has 3 heterocycles. The minimum atomic E-state index is -0.140. The molecule has 1 aliphatic heterocycles. The van der Waals surface area contributed by atoms with Crippen molar-refractivity contribution in [1.29, 1.82) is 0 Å². The van der Waals surface area contributed by atoms with Crippen LogP contribution in [0.2, 0.25) is 0 Å². The van der Waals surface area contributed by atoms with Crippen LogP contribution in [0.25, 0.3) is 10.2 Å². The van der Waals surface area contributed by atoms with Gasteiger partial charge in [-0.05, 0) is 38.1 Å². The van der Waals surface area contributed by atoms with Crippen molar-refractivity contribution < 1.29 is 9.53 Å². The van der Waals surface area contributed by atoms with E-state index in [0.29, 0.717) is 17.5 Å². The number of rotatable bonds is 8. The second kappa shape index (κ2) is 8.69. The molecule has 9 heteroatoms. The maximum absolute atomic E-state index is 13.6. The molecule has 0 saturated heterocycles. The molecule has 0 bridgehead atoms. The Morgan fingerprint density at radius 1 is 1.23 bits per heavy atom. The van der Waals surface area contributed by atoms with Gasteiger partial charge in [-0.25, -0.2) is 4.98 Å². The fourth-order valence-electron chi connectivity index (χ4n) is 3.87. The van der Waals surface area contributed by atoms with Crippen molar-refractivity contribution in [3.05, 3.63) is 29.3 Å². The van der Waals surface area contributed by atoms with Crippen molar-refractivity contribution in [2.24, 2.45) is 0 Å². The number of likely N-dealkylation sites (N-methyl/N-ethyl adjacent to an activating group) is 1. The number of anilines is 1. The highest BCUT2D eigenvalue weighted by Crippen LogP contribution is 2.36. The Bertz CT molecular complexity index is 1060. The number of benzene rings is 1. The lowest BCUT2D eigenvalue weighted by molar-refractivity contribution is 0.0969. The van der Waals surface area contributed by atoms with E-state index < -0.39 is 0 Å². The van der Waals surface area contributed by atoms with Gasteiger partial charge in [0.05, 0.1) is 11.8 Å². The molecular weight excluding hydrogens is 400 g/mol. The van der Waals surface area contributed by atoms with Crippen LogP contribution in [0.3, 0.4) is 0 Å². The molecule has 8 nitrogen and oxygen atoms in total. The van der Waals surface area contributed by atoms with Gasteiger partial charge >= 0.3 is 0 Å². The average molecular weight is 429 g/mol. The van der Waals surface area contributed by atoms with Crippen molar-refractivity contribution in [3.8, 4) is 5.75 Å². The second-order valence-electron chi connectivity index (χ2n) is 7.44. The second-order valence-corrected chi connectivity index (χ2v) is 8.42. The Kier molecular flexibility index (Phi) is 6.01. The van der Waals surface area contributed by atoms with E-state index in [1.54, 1.807) is 12.0 Å². The highest BCUT2D eigenvalue weighted by molar-refractivity contribution is 7.22. The van der Waals surface area contributed by atoms with Crippen LogP contribution in [0, 0.1) is 6.92 Å². The van der Waals surface area contributed by atoms with E-state index in [-0.39, 0.29) is 5.91 Å². The van der Waals surface area contributed by atoms with Crippen molar-refractivity contribution in [3.63, 3.8) is 0 Å². The summed E-state index contributed by atoms with van der Waals surface area (Å²) in [5.41, 5.74) is 1.92. The molecule has 3 aromatic rings. The number of hydrogen-bond donors (Lipinski definition) is 0. The number of carbonyl (C=O) groups excluding carboxylic acids is 1. The molecule has 1 aliphatic rings. The summed E-state index contributed by atoms with van der Waals surface area (Å²) in [5, 5.41) is 9.11. The zero-order chi connectivity index (χ0) is 21.3. The highest BCUT2D eigenvalue weighted by Gasteiger charge is 2.29. The largest absolute Gasteiger partial charge is 0.494 e. The first-order valence-electron chi connectivity index (χ1n) is 10.5. The Morgan fingerprint density at radius 3 is 2.77 bits per heavy atom. The third-order valence-electron chi connectivity index (χ3n) is 5.72. The third-order valence-corrected chi connectivity index (χ3v) is 6.94. The van der Waals surface area contributed by atoms with Crippen LogP contribution in [0.1, 0.15) is 42.3 Å². The maximum Gasteiger partial charge on any atom is 0.298 e. The van der Waals surface area contributed by atoms with Gasteiger partial charge in [-0.15, -0.1) is 10.2 Å². The normalized spacial score (nSPS) is 13.2. The molecule has 0 unspecified atom stereocenters. The summed E-state index contributed by atoms with van der Waals surface area (Å²) in [7, 11) is 1.64. The van der Waals surface area contributed by atoms with Crippen LogP contribution in [-0.4, -0.2) is 63.8 Å². The lowest BCUT2D eigenvalue weighted by atomic mass is 10.2. The lowest BCUT2D eigenvalue weighted by Crippen LogP contribution is -2.40. The number of thiazole rings is 1. The number of amides is 1. The van der Waals surface area contributed by atoms with E-state index in [4.69, 9.17) is 9.72 Å². The zero-order valence-corrected chi connectivity index (χ0v) is 18.8. The standard InChI is InChI=1S/C21H28N6O2S/c1-5-25(6-2)12-13-27(20(28)19-24-23-16-8-7-11-26(16)19)21-22-17-15(29-4)10-9-14(3)18(17)30-21/h9-10H,5-8,11-13H2,1-4H3. The van der Waals surface area contributed by atoms with E-state index in [0.717, 1.165) is 66.4 Å². The highest BCUT2D eigenvalue weighted by atomic mass is 32.1. The summed E-state index contributed by atoms with van der Waals surface area (Å²) in [6.45, 7) is 10.3. The smallest absolute Gasteiger partial charge is 0.298 e. The summed E-state index contributed by atoms with van der Waals surface area (Å²) < 4.78 is 8.50. The van der Waals surface area contributed by atoms with Crippen molar-refractivity contribution in [1.82, 2.24) is 24.6 Å². The number of carbonyl (C=O) groups is 1. The monoisotopic (exact) mass is 428 g/mol. The fourth-order valence-corrected chi connectivity index (χ4v) is 4.95. The van der Waals surface area contributed by atoms with Gasteiger partial charge in [0.1, 0.15) is 17.1 Å². The predicted molar refractivity (Wildman–Crippen MR) is 119 cm³/mol. The predicted octanol–water partition coefficient (Wildman–Crippen LogP) is 3.14. The summed E-state index contributed by atoms with van der Waals surface area (Å²) in [6.07, 6.45) is 1.87. The van der Waals surface area contributed by atoms with Gasteiger partial charge in [0.2, 0.25) is 5.82 Å². The summed E-state index contributed by atoms with van der Waals surface area (Å²) >= 11 is 1.53. The summed E-state index contributed by atoms with van der Waals surface area (Å²) in [5.74, 6) is 1.88. The minimum absolute atomic E-state index is 0.140. The Labute approximate surface area is 180 Å². The van der Waals surface area contributed by atoms with Gasteiger partial charge in [-0.2, -0.15) is 0 Å². The first kappa shape index (κ1) is 20.7. The van der Waals surface area contributed by atoms with E-state index in [1.165, 1.54) is 11.3 Å². The van der Waals surface area contributed by atoms with E-state index in [9.17, 15) is 4.79 Å². The fraction of sp³-hybridized carbons (Fsp3) is 0.524. The number of hydrogen-bond acceptors (Lipinski definition) is 7. The number of methoxy groups -OCH3 is 1. The minimum Gasteiger partial charge on any atom is -0.494 e. The molecule has 4 rings (SSSR count). The van der Waals surface area contributed by atoms with Gasteiger partial charge in [0, 0.05) is 26.1 Å². The van der Waals surface area contributed by atoms with Crippen molar-refractivity contribution >= 4 is 32.6 Å².